The molecule has 154 valence electrons. The van der Waals surface area contributed by atoms with Crippen molar-refractivity contribution < 1.29 is 18.1 Å². The summed E-state index contributed by atoms with van der Waals surface area (Å²) in [4.78, 5) is 8.77. The van der Waals surface area contributed by atoms with Gasteiger partial charge in [-0.25, -0.2) is 9.97 Å². The van der Waals surface area contributed by atoms with Crippen LogP contribution in [-0.4, -0.2) is 45.3 Å². The number of rotatable bonds is 7. The van der Waals surface area contributed by atoms with Gasteiger partial charge in [-0.15, -0.1) is 0 Å². The van der Waals surface area contributed by atoms with Crippen LogP contribution in [0.25, 0.3) is 11.0 Å². The van der Waals surface area contributed by atoms with E-state index in [0.717, 1.165) is 22.4 Å². The summed E-state index contributed by atoms with van der Waals surface area (Å²) in [6.07, 6.45) is 3.82. The average Bonchev–Trinajstić information content (AvgIpc) is 3.28. The van der Waals surface area contributed by atoms with Crippen molar-refractivity contribution in [2.75, 3.05) is 11.9 Å². The predicted octanol–water partition coefficient (Wildman–Crippen LogP) is 1.75. The number of nitrogens with zero attached hydrogens (tertiary/aromatic N) is 3. The summed E-state index contributed by atoms with van der Waals surface area (Å²) in [5, 5.41) is 14.5. The predicted molar refractivity (Wildman–Crippen MR) is 109 cm³/mol. The number of hydrogen-bond acceptors (Lipinski definition) is 6. The summed E-state index contributed by atoms with van der Waals surface area (Å²) in [6.45, 7) is 0.637. The molecule has 0 aliphatic heterocycles. The molecule has 4 rings (SSSR count). The van der Waals surface area contributed by atoms with Crippen molar-refractivity contribution >= 4 is 27.2 Å². The molecule has 1 saturated carbocycles. The number of hydrogen-bond donors (Lipinski definition) is 4. The summed E-state index contributed by atoms with van der Waals surface area (Å²) < 4.78 is 34.8. The zero-order valence-corrected chi connectivity index (χ0v) is 16.5. The fourth-order valence-corrected chi connectivity index (χ4v) is 4.35. The highest BCUT2D eigenvalue weighted by Gasteiger charge is 2.35. The summed E-state index contributed by atoms with van der Waals surface area (Å²) in [5.41, 5.74) is 1.91. The molecule has 3 atom stereocenters. The molecule has 1 aliphatic carbocycles. The largest absolute Gasteiger partial charge is 0.393 e. The van der Waals surface area contributed by atoms with E-state index in [1.54, 1.807) is 0 Å². The molecule has 0 bridgehead atoms. The van der Waals surface area contributed by atoms with Crippen LogP contribution in [0.3, 0.4) is 0 Å². The van der Waals surface area contributed by atoms with Crippen molar-refractivity contribution in [2.45, 2.75) is 31.5 Å². The van der Waals surface area contributed by atoms with Crippen LogP contribution in [0.1, 0.15) is 24.4 Å². The number of aliphatic hydroxyl groups is 1. The number of anilines is 1. The quantitative estimate of drug-likeness (QED) is 0.431. The second kappa shape index (κ2) is 8.07. The maximum absolute atomic E-state index is 10.9. The average molecular weight is 417 g/mol. The maximum Gasteiger partial charge on any atom is 0.333 e. The third kappa shape index (κ3) is 4.56. The first kappa shape index (κ1) is 19.8. The van der Waals surface area contributed by atoms with Crippen molar-refractivity contribution in [1.82, 2.24) is 19.3 Å². The van der Waals surface area contributed by atoms with Crippen LogP contribution >= 0.6 is 0 Å². The lowest BCUT2D eigenvalue weighted by molar-refractivity contribution is 0.133. The molecule has 4 N–H and O–H groups in total. The Labute approximate surface area is 168 Å². The molecule has 9 nitrogen and oxygen atoms in total. The normalized spacial score (nSPS) is 22.2. The Bertz CT molecular complexity index is 1090. The van der Waals surface area contributed by atoms with E-state index in [0.29, 0.717) is 19.4 Å². The Morgan fingerprint density at radius 2 is 1.93 bits per heavy atom. The maximum atomic E-state index is 10.9. The molecule has 1 aromatic carbocycles. The second-order valence-electron chi connectivity index (χ2n) is 7.30. The van der Waals surface area contributed by atoms with Crippen LogP contribution in [-0.2, 0) is 16.8 Å². The zero-order chi connectivity index (χ0) is 20.4. The first-order valence-electron chi connectivity index (χ1n) is 9.40. The zero-order valence-electron chi connectivity index (χ0n) is 15.6. The van der Waals surface area contributed by atoms with Gasteiger partial charge in [-0.3, -0.25) is 4.55 Å². The summed E-state index contributed by atoms with van der Waals surface area (Å²) in [5.74, 6) is 0.456. The minimum atomic E-state index is -4.27. The number of aromatic nitrogens is 3. The van der Waals surface area contributed by atoms with Crippen LogP contribution in [0.2, 0.25) is 0 Å². The lowest BCUT2D eigenvalue weighted by atomic mass is 10.1. The monoisotopic (exact) mass is 417 g/mol. The number of benzene rings is 1. The van der Waals surface area contributed by atoms with Gasteiger partial charge in [-0.2, -0.15) is 13.1 Å². The molecule has 0 unspecified atom stereocenters. The van der Waals surface area contributed by atoms with Gasteiger partial charge in [0, 0.05) is 31.2 Å². The second-order valence-corrected chi connectivity index (χ2v) is 8.54. The van der Waals surface area contributed by atoms with E-state index in [2.05, 4.69) is 20.0 Å². The fourth-order valence-electron chi connectivity index (χ4n) is 3.92. The molecule has 2 aromatic heterocycles. The highest BCUT2D eigenvalue weighted by Crippen LogP contribution is 2.37. The van der Waals surface area contributed by atoms with E-state index in [1.165, 1.54) is 6.33 Å². The molecule has 3 aromatic rings. The van der Waals surface area contributed by atoms with E-state index in [-0.39, 0.29) is 18.5 Å². The molecule has 0 radical (unpaired) electrons. The SMILES string of the molecule is O=S(=O)(O)NC[C@@H]1C[C@@H](n2ccc3c(NCc4ccccc4)ncnc32)C[C@@H]1O. The highest BCUT2D eigenvalue weighted by molar-refractivity contribution is 7.83. The Hall–Kier alpha value is -2.53. The smallest absolute Gasteiger partial charge is 0.333 e. The van der Waals surface area contributed by atoms with Gasteiger partial charge in [0.05, 0.1) is 11.5 Å². The van der Waals surface area contributed by atoms with Gasteiger partial charge in [0.15, 0.2) is 0 Å². The van der Waals surface area contributed by atoms with E-state index in [9.17, 15) is 13.5 Å². The fraction of sp³-hybridized carbons (Fsp3) is 0.368. The minimum Gasteiger partial charge on any atom is -0.393 e. The van der Waals surface area contributed by atoms with Crippen molar-refractivity contribution in [2.24, 2.45) is 5.92 Å². The Kier molecular flexibility index (Phi) is 5.50. The lowest BCUT2D eigenvalue weighted by Gasteiger charge is -2.14. The van der Waals surface area contributed by atoms with Gasteiger partial charge >= 0.3 is 10.3 Å². The Morgan fingerprint density at radius 1 is 1.14 bits per heavy atom. The molecule has 10 heteroatoms. The van der Waals surface area contributed by atoms with Crippen LogP contribution < -0.4 is 10.0 Å². The first-order valence-corrected chi connectivity index (χ1v) is 10.8. The van der Waals surface area contributed by atoms with E-state index in [4.69, 9.17) is 4.55 Å². The standard InChI is InChI=1S/C19H23N5O4S/c25-17-9-15(8-14(17)11-23-29(26,27)28)24-7-6-16-18(21-12-22-19(16)24)20-10-13-4-2-1-3-5-13/h1-7,12,14-15,17,23,25H,8-11H2,(H,20,21,22)(H,26,27,28)/t14-,15+,17-/m0/s1. The van der Waals surface area contributed by atoms with Crippen molar-refractivity contribution in [1.29, 1.82) is 0 Å². The van der Waals surface area contributed by atoms with Crippen LogP contribution in [0.5, 0.6) is 0 Å². The highest BCUT2D eigenvalue weighted by atomic mass is 32.2. The molecular weight excluding hydrogens is 394 g/mol. The van der Waals surface area contributed by atoms with Crippen molar-refractivity contribution in [3.8, 4) is 0 Å². The van der Waals surface area contributed by atoms with Crippen LogP contribution in [0.4, 0.5) is 5.82 Å². The lowest BCUT2D eigenvalue weighted by Crippen LogP contribution is -2.31. The van der Waals surface area contributed by atoms with E-state index < -0.39 is 16.4 Å². The third-order valence-corrected chi connectivity index (χ3v) is 5.90. The van der Waals surface area contributed by atoms with Gasteiger partial charge in [-0.1, -0.05) is 30.3 Å². The van der Waals surface area contributed by atoms with Crippen LogP contribution in [0.15, 0.2) is 48.9 Å². The van der Waals surface area contributed by atoms with Gasteiger partial charge in [0.25, 0.3) is 0 Å². The molecular formula is C19H23N5O4S. The van der Waals surface area contributed by atoms with Gasteiger partial charge in [0.1, 0.15) is 17.8 Å². The molecule has 29 heavy (non-hydrogen) atoms. The Balaban J connectivity index is 1.50. The van der Waals surface area contributed by atoms with Crippen molar-refractivity contribution in [3.63, 3.8) is 0 Å². The number of fused-ring (bicyclic) bond motifs is 1. The topological polar surface area (TPSA) is 129 Å². The van der Waals surface area contributed by atoms with E-state index >= 15 is 0 Å². The van der Waals surface area contributed by atoms with Crippen molar-refractivity contribution in [3.05, 3.63) is 54.5 Å². The van der Waals surface area contributed by atoms with Crippen LogP contribution in [0, 0.1) is 5.92 Å². The Morgan fingerprint density at radius 3 is 2.69 bits per heavy atom. The minimum absolute atomic E-state index is 0.00539. The molecule has 1 fully saturated rings. The third-order valence-electron chi connectivity index (χ3n) is 5.37. The first-order chi connectivity index (χ1) is 13.9. The molecule has 1 aliphatic rings. The van der Waals surface area contributed by atoms with Gasteiger partial charge in [-0.05, 0) is 24.5 Å². The summed E-state index contributed by atoms with van der Waals surface area (Å²) in [7, 11) is -4.27. The molecule has 0 saturated heterocycles. The van der Waals surface area contributed by atoms with Gasteiger partial charge in [0.2, 0.25) is 0 Å². The van der Waals surface area contributed by atoms with Gasteiger partial charge < -0.3 is 15.0 Å². The summed E-state index contributed by atoms with van der Waals surface area (Å²) >= 11 is 0. The molecule has 0 amide bonds. The molecule has 2 heterocycles. The number of aliphatic hydroxyl groups excluding tert-OH is 1. The number of nitrogens with one attached hydrogen (secondary N) is 2. The summed E-state index contributed by atoms with van der Waals surface area (Å²) in [6, 6.07) is 11.9. The molecule has 0 spiro atoms. The van der Waals surface area contributed by atoms with E-state index in [1.807, 2.05) is 47.2 Å².